The van der Waals surface area contributed by atoms with Crippen molar-refractivity contribution in [3.63, 3.8) is 0 Å². The van der Waals surface area contributed by atoms with Gasteiger partial charge in [-0.3, -0.25) is 0 Å². The molecule has 8 heteroatoms. The van der Waals surface area contributed by atoms with Gasteiger partial charge in [0.15, 0.2) is 0 Å². The van der Waals surface area contributed by atoms with Gasteiger partial charge in [-0.2, -0.15) is 0 Å². The molecule has 0 saturated carbocycles. The van der Waals surface area contributed by atoms with Crippen LogP contribution in [0.4, 0.5) is 0 Å². The molecular formula is C28H34O7Se. The fourth-order valence-corrected chi connectivity index (χ4v) is 5.44. The van der Waals surface area contributed by atoms with Crippen LogP contribution in [-0.4, -0.2) is 66.7 Å². The SMILES string of the molecule is C=C(CO)C(O)C[C@H](CC(OC(C)=O)C1=C[C@@H](C/C(C)=C/C(=O)[Se]c2ccccc2)OC1=O)C(=C)C. The van der Waals surface area contributed by atoms with E-state index in [0.29, 0.717) is 6.42 Å². The third-order valence-electron chi connectivity index (χ3n) is 5.74. The first kappa shape index (κ1) is 29.5. The summed E-state index contributed by atoms with van der Waals surface area (Å²) in [4.78, 5) is 36.9. The normalized spacial score (nSPS) is 18.0. The van der Waals surface area contributed by atoms with Crippen LogP contribution in [0.1, 0.15) is 40.0 Å². The van der Waals surface area contributed by atoms with Gasteiger partial charge in [-0.15, -0.1) is 0 Å². The average molecular weight is 562 g/mol. The molecule has 1 aliphatic heterocycles. The summed E-state index contributed by atoms with van der Waals surface area (Å²) in [6, 6.07) is 9.53. The number of carbonyl (C=O) groups excluding carboxylic acids is 3. The van der Waals surface area contributed by atoms with Crippen molar-refractivity contribution < 1.29 is 34.1 Å². The predicted octanol–water partition coefficient (Wildman–Crippen LogP) is 2.54. The molecule has 0 amide bonds. The third-order valence-corrected chi connectivity index (χ3v) is 7.48. The Labute approximate surface area is 218 Å². The fourth-order valence-electron chi connectivity index (χ4n) is 3.80. The van der Waals surface area contributed by atoms with Crippen LogP contribution in [-0.2, 0) is 23.9 Å². The molecule has 36 heavy (non-hydrogen) atoms. The number of esters is 2. The molecular weight excluding hydrogens is 527 g/mol. The van der Waals surface area contributed by atoms with Crippen molar-refractivity contribution in [1.29, 1.82) is 0 Å². The number of aliphatic hydroxyl groups is 2. The Morgan fingerprint density at radius 3 is 2.42 bits per heavy atom. The first-order valence-electron chi connectivity index (χ1n) is 11.7. The Hall–Kier alpha value is -2.77. The predicted molar refractivity (Wildman–Crippen MR) is 138 cm³/mol. The average Bonchev–Trinajstić information content (AvgIpc) is 3.16. The van der Waals surface area contributed by atoms with Crippen LogP contribution in [0, 0.1) is 5.92 Å². The Morgan fingerprint density at radius 1 is 1.17 bits per heavy atom. The molecule has 1 aromatic carbocycles. The van der Waals surface area contributed by atoms with Crippen molar-refractivity contribution in [2.24, 2.45) is 5.92 Å². The third kappa shape index (κ3) is 9.36. The van der Waals surface area contributed by atoms with Crippen LogP contribution in [0.3, 0.4) is 0 Å². The summed E-state index contributed by atoms with van der Waals surface area (Å²) in [7, 11) is 0. The number of allylic oxidation sites excluding steroid dienone is 2. The summed E-state index contributed by atoms with van der Waals surface area (Å²) in [6.07, 6.45) is 1.57. The summed E-state index contributed by atoms with van der Waals surface area (Å²) in [5, 5.41) is 19.6. The maximum absolute atomic E-state index is 12.7. The van der Waals surface area contributed by atoms with Crippen LogP contribution in [0.15, 0.2) is 77.9 Å². The second-order valence-corrected chi connectivity index (χ2v) is 11.2. The Kier molecular flexibility index (Phi) is 11.5. The minimum absolute atomic E-state index is 0.0184. The molecule has 2 rings (SSSR count). The zero-order valence-electron chi connectivity index (χ0n) is 20.9. The first-order chi connectivity index (χ1) is 17.0. The molecule has 0 bridgehead atoms. The number of aliphatic hydroxyl groups excluding tert-OH is 2. The molecule has 0 aliphatic carbocycles. The zero-order chi connectivity index (χ0) is 26.8. The van der Waals surface area contributed by atoms with Gasteiger partial charge in [0.1, 0.15) is 0 Å². The molecule has 4 atom stereocenters. The molecule has 0 aromatic heterocycles. The summed E-state index contributed by atoms with van der Waals surface area (Å²) in [6.45, 7) is 12.1. The monoisotopic (exact) mass is 562 g/mol. The van der Waals surface area contributed by atoms with E-state index in [4.69, 9.17) is 9.47 Å². The summed E-state index contributed by atoms with van der Waals surface area (Å²) in [5.41, 5.74) is 2.01. The summed E-state index contributed by atoms with van der Waals surface area (Å²) < 4.78 is 12.0. The molecule has 0 saturated heterocycles. The van der Waals surface area contributed by atoms with Gasteiger partial charge < -0.3 is 10.2 Å². The summed E-state index contributed by atoms with van der Waals surface area (Å²) >= 11 is -0.334. The van der Waals surface area contributed by atoms with E-state index in [1.165, 1.54) is 6.92 Å². The van der Waals surface area contributed by atoms with Gasteiger partial charge in [0.25, 0.3) is 0 Å². The molecule has 7 nitrogen and oxygen atoms in total. The number of carbonyl (C=O) groups is 3. The zero-order valence-corrected chi connectivity index (χ0v) is 22.7. The second-order valence-electron chi connectivity index (χ2n) is 8.94. The summed E-state index contributed by atoms with van der Waals surface area (Å²) in [5.74, 6) is -1.44. The van der Waals surface area contributed by atoms with Gasteiger partial charge in [0, 0.05) is 0 Å². The Balaban J connectivity index is 2.13. The van der Waals surface area contributed by atoms with Gasteiger partial charge >= 0.3 is 190 Å². The molecule has 194 valence electrons. The Bertz CT molecular complexity index is 1040. The van der Waals surface area contributed by atoms with E-state index >= 15 is 0 Å². The number of benzene rings is 1. The maximum atomic E-state index is 12.7. The standard InChI is InChI=1S/C28H34O7Se/c1-17(2)21(13-25(31)19(4)16-29)14-26(34-20(5)30)24-15-22(35-28(24)33)11-18(3)12-27(32)36-23-9-7-6-8-10-23/h6-10,12,15,21-22,25-26,29,31H,1,4,11,13-14,16H2,2-3,5H3/b18-12+/t21-,22-,25?,26?/m1/s1. The van der Waals surface area contributed by atoms with E-state index in [1.807, 2.05) is 37.3 Å². The first-order valence-corrected chi connectivity index (χ1v) is 13.4. The van der Waals surface area contributed by atoms with E-state index in [9.17, 15) is 24.6 Å². The van der Waals surface area contributed by atoms with Crippen LogP contribution < -0.4 is 4.46 Å². The van der Waals surface area contributed by atoms with E-state index < -0.39 is 30.3 Å². The molecule has 2 unspecified atom stereocenters. The van der Waals surface area contributed by atoms with Crippen molar-refractivity contribution in [2.75, 3.05) is 6.61 Å². The number of ether oxygens (including phenoxy) is 2. The molecule has 0 radical (unpaired) electrons. The molecule has 0 spiro atoms. The van der Waals surface area contributed by atoms with Gasteiger partial charge in [-0.25, -0.2) is 0 Å². The fraction of sp³-hybridized carbons (Fsp3) is 0.393. The molecule has 1 aromatic rings. The van der Waals surface area contributed by atoms with Gasteiger partial charge in [0.05, 0.1) is 6.61 Å². The van der Waals surface area contributed by atoms with Crippen molar-refractivity contribution in [2.45, 2.75) is 58.3 Å². The van der Waals surface area contributed by atoms with E-state index in [1.54, 1.807) is 19.1 Å². The van der Waals surface area contributed by atoms with Crippen LogP contribution in [0.25, 0.3) is 0 Å². The van der Waals surface area contributed by atoms with E-state index in [-0.39, 0.29) is 56.2 Å². The van der Waals surface area contributed by atoms with Gasteiger partial charge in [-0.05, 0) is 5.57 Å². The van der Waals surface area contributed by atoms with Gasteiger partial charge in [0.2, 0.25) is 0 Å². The van der Waals surface area contributed by atoms with Crippen molar-refractivity contribution in [1.82, 2.24) is 0 Å². The van der Waals surface area contributed by atoms with Crippen molar-refractivity contribution in [3.05, 3.63) is 77.9 Å². The van der Waals surface area contributed by atoms with Crippen LogP contribution in [0.2, 0.25) is 0 Å². The number of hydrogen-bond donors (Lipinski definition) is 2. The Morgan fingerprint density at radius 2 is 1.83 bits per heavy atom. The van der Waals surface area contributed by atoms with Crippen molar-refractivity contribution >= 4 is 36.0 Å². The van der Waals surface area contributed by atoms with Crippen LogP contribution >= 0.6 is 0 Å². The quantitative estimate of drug-likeness (QED) is 0.156. The number of hydrogen-bond acceptors (Lipinski definition) is 7. The van der Waals surface area contributed by atoms with Crippen LogP contribution in [0.5, 0.6) is 0 Å². The number of rotatable bonds is 14. The van der Waals surface area contributed by atoms with Crippen molar-refractivity contribution in [3.8, 4) is 0 Å². The van der Waals surface area contributed by atoms with E-state index in [2.05, 4.69) is 13.2 Å². The molecule has 1 heterocycles. The molecule has 2 N–H and O–H groups in total. The van der Waals surface area contributed by atoms with Gasteiger partial charge in [-0.1, -0.05) is 6.58 Å². The molecule has 0 fully saturated rings. The van der Waals surface area contributed by atoms with E-state index in [0.717, 1.165) is 15.6 Å². The minimum atomic E-state index is -0.963. The second kappa shape index (κ2) is 14.1. The number of cyclic esters (lactones) is 1. The topological polar surface area (TPSA) is 110 Å². The molecule has 1 aliphatic rings.